The highest BCUT2D eigenvalue weighted by Crippen LogP contribution is 2.11. The Bertz CT molecular complexity index is 185. The molecule has 0 fully saturated rings. The van der Waals surface area contributed by atoms with Gasteiger partial charge in [-0.25, -0.2) is 0 Å². The maximum absolute atomic E-state index is 11.0. The van der Waals surface area contributed by atoms with E-state index < -0.39 is 0 Å². The Labute approximate surface area is 79.4 Å². The molecule has 13 heavy (non-hydrogen) atoms. The Morgan fingerprint density at radius 3 is 2.46 bits per heavy atom. The molecule has 0 aromatic rings. The molecule has 0 aliphatic rings. The first-order chi connectivity index (χ1) is 6.07. The second-order valence-electron chi connectivity index (χ2n) is 3.16. The minimum absolute atomic E-state index is 0.121. The van der Waals surface area contributed by atoms with Gasteiger partial charge in [-0.1, -0.05) is 6.92 Å². The molecular weight excluding hydrogens is 166 g/mol. The zero-order valence-corrected chi connectivity index (χ0v) is 8.42. The summed E-state index contributed by atoms with van der Waals surface area (Å²) in [5.74, 6) is 0.553. The predicted molar refractivity (Wildman–Crippen MR) is 54.4 cm³/mol. The summed E-state index contributed by atoms with van der Waals surface area (Å²) in [5.41, 5.74) is 10.3. The first kappa shape index (κ1) is 11.9. The van der Waals surface area contributed by atoms with Crippen LogP contribution in [0.2, 0.25) is 0 Å². The van der Waals surface area contributed by atoms with Gasteiger partial charge in [0, 0.05) is 12.5 Å². The molecule has 0 aliphatic carbocycles. The molecule has 0 bridgehead atoms. The number of rotatable bonds is 6. The van der Waals surface area contributed by atoms with E-state index in [0.717, 1.165) is 19.3 Å². The second kappa shape index (κ2) is 6.46. The van der Waals surface area contributed by atoms with Gasteiger partial charge >= 0.3 is 0 Å². The van der Waals surface area contributed by atoms with Crippen LogP contribution < -0.4 is 11.5 Å². The largest absolute Gasteiger partial charge is 0.370 e. The number of Topliss-reactive ketones (excluding diaryl/α,β-unsaturated/α-hetero) is 1. The molecule has 0 heterocycles. The molecule has 0 aliphatic heterocycles. The second-order valence-corrected chi connectivity index (χ2v) is 3.16. The Hall–Kier alpha value is -1.06. The van der Waals surface area contributed by atoms with Gasteiger partial charge in [0.1, 0.15) is 5.78 Å². The van der Waals surface area contributed by atoms with Gasteiger partial charge < -0.3 is 11.5 Å². The van der Waals surface area contributed by atoms with E-state index in [1.165, 1.54) is 0 Å². The van der Waals surface area contributed by atoms with Crippen molar-refractivity contribution in [2.75, 3.05) is 6.54 Å². The number of ketones is 1. The summed E-state index contributed by atoms with van der Waals surface area (Å²) in [6.45, 7) is 4.27. The molecule has 0 spiro atoms. The van der Waals surface area contributed by atoms with E-state index in [-0.39, 0.29) is 17.7 Å². The lowest BCUT2D eigenvalue weighted by atomic mass is 9.96. The minimum Gasteiger partial charge on any atom is -0.370 e. The Balaban J connectivity index is 3.62. The molecule has 0 aromatic heterocycles. The fourth-order valence-corrected chi connectivity index (χ4v) is 1.24. The lowest BCUT2D eigenvalue weighted by Gasteiger charge is -2.08. The fraction of sp³-hybridized carbons (Fsp3) is 0.778. The molecule has 4 nitrogen and oxygen atoms in total. The van der Waals surface area contributed by atoms with Crippen molar-refractivity contribution >= 4 is 11.7 Å². The van der Waals surface area contributed by atoms with E-state index in [2.05, 4.69) is 4.99 Å². The summed E-state index contributed by atoms with van der Waals surface area (Å²) in [7, 11) is 0. The minimum atomic E-state index is 0.121. The third-order valence-corrected chi connectivity index (χ3v) is 2.07. The van der Waals surface area contributed by atoms with Gasteiger partial charge in [-0.15, -0.1) is 0 Å². The SMILES string of the molecule is CC[C@H](CCCN=C(N)N)C(C)=O. The number of hydrogen-bond acceptors (Lipinski definition) is 2. The quantitative estimate of drug-likeness (QED) is 0.362. The van der Waals surface area contributed by atoms with E-state index in [0.29, 0.717) is 6.54 Å². The number of carbonyl (C=O) groups is 1. The van der Waals surface area contributed by atoms with Gasteiger partial charge in [-0.2, -0.15) is 0 Å². The smallest absolute Gasteiger partial charge is 0.185 e. The third kappa shape index (κ3) is 6.13. The number of aliphatic imine (C=N–C) groups is 1. The van der Waals surface area contributed by atoms with Crippen molar-refractivity contribution in [2.45, 2.75) is 33.1 Å². The number of nitrogens with two attached hydrogens (primary N) is 2. The highest BCUT2D eigenvalue weighted by molar-refractivity contribution is 5.78. The number of guanidine groups is 1. The summed E-state index contributed by atoms with van der Waals surface area (Å²) < 4.78 is 0. The average Bonchev–Trinajstić information content (AvgIpc) is 2.03. The van der Waals surface area contributed by atoms with Gasteiger partial charge in [0.25, 0.3) is 0 Å². The molecule has 0 saturated heterocycles. The summed E-state index contributed by atoms with van der Waals surface area (Å²) in [5, 5.41) is 0. The summed E-state index contributed by atoms with van der Waals surface area (Å²) in [6.07, 6.45) is 2.65. The Morgan fingerprint density at radius 1 is 1.46 bits per heavy atom. The number of hydrogen-bond donors (Lipinski definition) is 2. The van der Waals surface area contributed by atoms with Crippen LogP contribution in [-0.4, -0.2) is 18.3 Å². The van der Waals surface area contributed by atoms with Crippen LogP contribution in [0.4, 0.5) is 0 Å². The van der Waals surface area contributed by atoms with Crippen molar-refractivity contribution in [1.29, 1.82) is 0 Å². The Kier molecular flexibility index (Phi) is 5.93. The number of carbonyl (C=O) groups excluding carboxylic acids is 1. The zero-order chi connectivity index (χ0) is 10.3. The molecule has 0 radical (unpaired) electrons. The van der Waals surface area contributed by atoms with Gasteiger partial charge in [-0.3, -0.25) is 9.79 Å². The van der Waals surface area contributed by atoms with Gasteiger partial charge in [0.2, 0.25) is 0 Å². The molecule has 4 heteroatoms. The summed E-state index contributed by atoms with van der Waals surface area (Å²) >= 11 is 0. The van der Waals surface area contributed by atoms with Crippen LogP contribution in [0.5, 0.6) is 0 Å². The van der Waals surface area contributed by atoms with E-state index in [9.17, 15) is 4.79 Å². The van der Waals surface area contributed by atoms with Crippen molar-refractivity contribution in [3.8, 4) is 0 Å². The van der Waals surface area contributed by atoms with Gasteiger partial charge in [0.05, 0.1) is 0 Å². The van der Waals surface area contributed by atoms with Crippen LogP contribution in [0.15, 0.2) is 4.99 Å². The lowest BCUT2D eigenvalue weighted by molar-refractivity contribution is -0.121. The van der Waals surface area contributed by atoms with Crippen LogP contribution in [0.25, 0.3) is 0 Å². The van der Waals surface area contributed by atoms with Crippen molar-refractivity contribution in [1.82, 2.24) is 0 Å². The van der Waals surface area contributed by atoms with E-state index in [4.69, 9.17) is 11.5 Å². The van der Waals surface area contributed by atoms with Crippen LogP contribution >= 0.6 is 0 Å². The van der Waals surface area contributed by atoms with E-state index in [1.54, 1.807) is 6.92 Å². The highest BCUT2D eigenvalue weighted by atomic mass is 16.1. The molecule has 0 saturated carbocycles. The van der Waals surface area contributed by atoms with Gasteiger partial charge in [-0.05, 0) is 26.2 Å². The van der Waals surface area contributed by atoms with Crippen molar-refractivity contribution < 1.29 is 4.79 Å². The third-order valence-electron chi connectivity index (χ3n) is 2.07. The first-order valence-corrected chi connectivity index (χ1v) is 4.63. The molecule has 76 valence electrons. The summed E-state index contributed by atoms with van der Waals surface area (Å²) in [6, 6.07) is 0. The average molecular weight is 185 g/mol. The maximum atomic E-state index is 11.0. The lowest BCUT2D eigenvalue weighted by Crippen LogP contribution is -2.23. The predicted octanol–water partition coefficient (Wildman–Crippen LogP) is 0.655. The van der Waals surface area contributed by atoms with Crippen molar-refractivity contribution in [2.24, 2.45) is 22.4 Å². The molecular formula is C9H19N3O. The summed E-state index contributed by atoms with van der Waals surface area (Å²) in [4.78, 5) is 14.9. The molecule has 0 aromatic carbocycles. The maximum Gasteiger partial charge on any atom is 0.185 e. The molecule has 0 rings (SSSR count). The Morgan fingerprint density at radius 2 is 2.08 bits per heavy atom. The topological polar surface area (TPSA) is 81.5 Å². The van der Waals surface area contributed by atoms with Crippen molar-refractivity contribution in [3.63, 3.8) is 0 Å². The highest BCUT2D eigenvalue weighted by Gasteiger charge is 2.10. The van der Waals surface area contributed by atoms with Crippen molar-refractivity contribution in [3.05, 3.63) is 0 Å². The molecule has 4 N–H and O–H groups in total. The monoisotopic (exact) mass is 185 g/mol. The number of nitrogens with zero attached hydrogens (tertiary/aromatic N) is 1. The van der Waals surface area contributed by atoms with Crippen LogP contribution in [0.3, 0.4) is 0 Å². The molecule has 1 atom stereocenters. The normalized spacial score (nSPS) is 12.2. The van der Waals surface area contributed by atoms with Crippen LogP contribution in [0, 0.1) is 5.92 Å². The van der Waals surface area contributed by atoms with E-state index >= 15 is 0 Å². The molecule has 0 amide bonds. The van der Waals surface area contributed by atoms with Gasteiger partial charge in [0.15, 0.2) is 5.96 Å². The van der Waals surface area contributed by atoms with Crippen LogP contribution in [0.1, 0.15) is 33.1 Å². The fourth-order valence-electron chi connectivity index (χ4n) is 1.24. The first-order valence-electron chi connectivity index (χ1n) is 4.63. The van der Waals surface area contributed by atoms with Crippen LogP contribution in [-0.2, 0) is 4.79 Å². The standard InChI is InChI=1S/C9H19N3O/c1-3-8(7(2)13)5-4-6-12-9(10)11/h8H,3-6H2,1-2H3,(H4,10,11,12)/t8-/m1/s1. The molecule has 0 unspecified atom stereocenters. The van der Waals surface area contributed by atoms with E-state index in [1.807, 2.05) is 6.92 Å². The zero-order valence-electron chi connectivity index (χ0n) is 8.42.